The second kappa shape index (κ2) is 8.22. The lowest BCUT2D eigenvalue weighted by Crippen LogP contribution is -2.27. The molecule has 0 amide bonds. The molecule has 112 valence electrons. The molecule has 1 aromatic carbocycles. The number of halogens is 1. The summed E-state index contributed by atoms with van der Waals surface area (Å²) in [5, 5.41) is 0. The smallest absolute Gasteiger partial charge is 0.123 e. The van der Waals surface area contributed by atoms with Crippen molar-refractivity contribution < 1.29 is 9.13 Å². The van der Waals surface area contributed by atoms with Gasteiger partial charge in [-0.3, -0.25) is 0 Å². The summed E-state index contributed by atoms with van der Waals surface area (Å²) in [6.45, 7) is 3.50. The zero-order valence-corrected chi connectivity index (χ0v) is 12.1. The molecule has 0 aromatic heterocycles. The topological polar surface area (TPSA) is 38.5 Å². The van der Waals surface area contributed by atoms with Gasteiger partial charge in [-0.05, 0) is 62.9 Å². The summed E-state index contributed by atoms with van der Waals surface area (Å²) >= 11 is 0. The van der Waals surface area contributed by atoms with E-state index in [2.05, 4.69) is 4.90 Å². The van der Waals surface area contributed by atoms with E-state index in [4.69, 9.17) is 10.5 Å². The largest absolute Gasteiger partial charge is 0.378 e. The highest BCUT2D eigenvalue weighted by atomic mass is 19.1. The van der Waals surface area contributed by atoms with Crippen LogP contribution in [-0.2, 0) is 4.74 Å². The van der Waals surface area contributed by atoms with E-state index < -0.39 is 0 Å². The zero-order chi connectivity index (χ0) is 14.2. The maximum Gasteiger partial charge on any atom is 0.123 e. The number of rotatable bonds is 8. The highest BCUT2D eigenvalue weighted by Gasteiger charge is 2.15. The lowest BCUT2D eigenvalue weighted by molar-refractivity contribution is 0.103. The van der Waals surface area contributed by atoms with Crippen LogP contribution in [0.3, 0.4) is 0 Å². The Hall–Kier alpha value is -1.13. The molecule has 0 bridgehead atoms. The van der Waals surface area contributed by atoms with Crippen LogP contribution >= 0.6 is 0 Å². The van der Waals surface area contributed by atoms with E-state index in [0.717, 1.165) is 44.6 Å². The minimum atomic E-state index is -0.188. The van der Waals surface area contributed by atoms with Crippen LogP contribution in [0.25, 0.3) is 0 Å². The molecule has 1 aliphatic rings. The zero-order valence-electron chi connectivity index (χ0n) is 12.1. The van der Waals surface area contributed by atoms with Crippen molar-refractivity contribution in [2.75, 3.05) is 31.1 Å². The molecular formula is C16H25FN2O. The molecule has 0 radical (unpaired) electrons. The molecular weight excluding hydrogens is 255 g/mol. The van der Waals surface area contributed by atoms with E-state index in [1.807, 2.05) is 12.1 Å². The van der Waals surface area contributed by atoms with Crippen LogP contribution in [0.4, 0.5) is 10.1 Å². The van der Waals surface area contributed by atoms with E-state index in [1.165, 1.54) is 25.0 Å². The lowest BCUT2D eigenvalue weighted by Gasteiger charge is -2.25. The molecule has 1 fully saturated rings. The first kappa shape index (κ1) is 15.3. The Balaban J connectivity index is 1.84. The summed E-state index contributed by atoms with van der Waals surface area (Å²) < 4.78 is 18.7. The lowest BCUT2D eigenvalue weighted by atomic mass is 10.1. The normalized spacial score (nSPS) is 18.4. The molecule has 0 aliphatic carbocycles. The minimum Gasteiger partial charge on any atom is -0.378 e. The Morgan fingerprint density at radius 3 is 2.60 bits per heavy atom. The fourth-order valence-electron chi connectivity index (χ4n) is 2.69. The number of nitrogens with two attached hydrogens (primary N) is 1. The fraction of sp³-hybridized carbons (Fsp3) is 0.625. The molecule has 20 heavy (non-hydrogen) atoms. The molecule has 4 heteroatoms. The average Bonchev–Trinajstić information content (AvgIpc) is 2.97. The molecule has 1 heterocycles. The van der Waals surface area contributed by atoms with Gasteiger partial charge in [-0.25, -0.2) is 4.39 Å². The summed E-state index contributed by atoms with van der Waals surface area (Å²) in [6.07, 6.45) is 6.00. The maximum atomic E-state index is 13.0. The predicted molar refractivity (Wildman–Crippen MR) is 80.5 cm³/mol. The first-order chi connectivity index (χ1) is 9.79. The van der Waals surface area contributed by atoms with Gasteiger partial charge in [0, 0.05) is 25.4 Å². The Morgan fingerprint density at radius 2 is 1.95 bits per heavy atom. The van der Waals surface area contributed by atoms with Crippen LogP contribution in [0, 0.1) is 5.82 Å². The molecule has 1 saturated heterocycles. The van der Waals surface area contributed by atoms with Gasteiger partial charge in [0.05, 0.1) is 6.10 Å². The van der Waals surface area contributed by atoms with Crippen LogP contribution in [0.15, 0.2) is 24.3 Å². The van der Waals surface area contributed by atoms with Gasteiger partial charge in [0.25, 0.3) is 0 Å². The van der Waals surface area contributed by atoms with Crippen LogP contribution in [0.5, 0.6) is 0 Å². The molecule has 2 rings (SSSR count). The minimum absolute atomic E-state index is 0.188. The van der Waals surface area contributed by atoms with Gasteiger partial charge in [0.15, 0.2) is 0 Å². The highest BCUT2D eigenvalue weighted by Crippen LogP contribution is 2.19. The van der Waals surface area contributed by atoms with Gasteiger partial charge in [-0.1, -0.05) is 0 Å². The van der Waals surface area contributed by atoms with Gasteiger partial charge >= 0.3 is 0 Å². The Labute approximate surface area is 120 Å². The van der Waals surface area contributed by atoms with Crippen molar-refractivity contribution in [1.82, 2.24) is 0 Å². The summed E-state index contributed by atoms with van der Waals surface area (Å²) in [7, 11) is 0. The third-order valence-electron chi connectivity index (χ3n) is 3.80. The molecule has 3 nitrogen and oxygen atoms in total. The van der Waals surface area contributed by atoms with Gasteiger partial charge in [-0.15, -0.1) is 0 Å². The summed E-state index contributed by atoms with van der Waals surface area (Å²) in [5.74, 6) is -0.188. The third-order valence-corrected chi connectivity index (χ3v) is 3.80. The number of hydrogen-bond donors (Lipinski definition) is 1. The maximum absolute atomic E-state index is 13.0. The van der Waals surface area contributed by atoms with E-state index in [-0.39, 0.29) is 5.82 Å². The average molecular weight is 280 g/mol. The number of benzene rings is 1. The van der Waals surface area contributed by atoms with Gasteiger partial charge in [-0.2, -0.15) is 0 Å². The van der Waals surface area contributed by atoms with E-state index in [9.17, 15) is 4.39 Å². The second-order valence-electron chi connectivity index (χ2n) is 5.38. The Kier molecular flexibility index (Phi) is 6.27. The standard InChI is InChI=1S/C16H25FN2O/c17-14-6-8-15(9-7-14)19(12-3-10-18)11-1-4-16-5-2-13-20-16/h6-9,16H,1-5,10-13,18H2. The van der Waals surface area contributed by atoms with Crippen LogP contribution < -0.4 is 10.6 Å². The second-order valence-corrected chi connectivity index (χ2v) is 5.38. The molecule has 1 aliphatic heterocycles. The van der Waals surface area contributed by atoms with Crippen molar-refractivity contribution in [2.24, 2.45) is 5.73 Å². The number of hydrogen-bond acceptors (Lipinski definition) is 3. The van der Waals surface area contributed by atoms with Crippen molar-refractivity contribution in [1.29, 1.82) is 0 Å². The molecule has 1 aromatic rings. The van der Waals surface area contributed by atoms with Crippen molar-refractivity contribution in [2.45, 2.75) is 38.2 Å². The fourth-order valence-corrected chi connectivity index (χ4v) is 2.69. The summed E-state index contributed by atoms with van der Waals surface area (Å²) in [4.78, 5) is 2.29. The van der Waals surface area contributed by atoms with Crippen molar-refractivity contribution >= 4 is 5.69 Å². The highest BCUT2D eigenvalue weighted by molar-refractivity contribution is 5.46. The SMILES string of the molecule is NCCCN(CCCC1CCCO1)c1ccc(F)cc1. The van der Waals surface area contributed by atoms with Gasteiger partial charge < -0.3 is 15.4 Å². The van der Waals surface area contributed by atoms with E-state index >= 15 is 0 Å². The summed E-state index contributed by atoms with van der Waals surface area (Å²) in [6, 6.07) is 6.73. The van der Waals surface area contributed by atoms with Crippen molar-refractivity contribution in [3.8, 4) is 0 Å². The summed E-state index contributed by atoms with van der Waals surface area (Å²) in [5.41, 5.74) is 6.68. The van der Waals surface area contributed by atoms with Crippen LogP contribution in [0.2, 0.25) is 0 Å². The Bertz CT molecular complexity index is 377. The molecule has 2 N–H and O–H groups in total. The molecule has 1 atom stereocenters. The van der Waals surface area contributed by atoms with Gasteiger partial charge in [0.2, 0.25) is 0 Å². The van der Waals surface area contributed by atoms with Crippen molar-refractivity contribution in [3.05, 3.63) is 30.1 Å². The number of nitrogens with zero attached hydrogens (tertiary/aromatic N) is 1. The number of ether oxygens (including phenoxy) is 1. The van der Waals surface area contributed by atoms with Crippen LogP contribution in [-0.4, -0.2) is 32.3 Å². The molecule has 0 spiro atoms. The number of anilines is 1. The third kappa shape index (κ3) is 4.76. The first-order valence-corrected chi connectivity index (χ1v) is 7.62. The predicted octanol–water partition coefficient (Wildman–Crippen LogP) is 2.94. The van der Waals surface area contributed by atoms with E-state index in [1.54, 1.807) is 0 Å². The monoisotopic (exact) mass is 280 g/mol. The Morgan fingerprint density at radius 1 is 1.20 bits per heavy atom. The van der Waals surface area contributed by atoms with Crippen LogP contribution in [0.1, 0.15) is 32.1 Å². The first-order valence-electron chi connectivity index (χ1n) is 7.62. The van der Waals surface area contributed by atoms with E-state index in [0.29, 0.717) is 12.6 Å². The molecule has 1 unspecified atom stereocenters. The van der Waals surface area contributed by atoms with Gasteiger partial charge in [0.1, 0.15) is 5.82 Å². The molecule has 0 saturated carbocycles. The van der Waals surface area contributed by atoms with Crippen molar-refractivity contribution in [3.63, 3.8) is 0 Å². The quantitative estimate of drug-likeness (QED) is 0.795.